The number of ether oxygens (including phenoxy) is 1. The quantitative estimate of drug-likeness (QED) is 0.915. The molecular weight excluding hydrogens is 274 g/mol. The topological polar surface area (TPSA) is 41.5 Å². The molecule has 1 saturated heterocycles. The molecule has 1 aliphatic heterocycles. The fourth-order valence-corrected chi connectivity index (χ4v) is 3.60. The first kappa shape index (κ1) is 13.9. The third kappa shape index (κ3) is 2.35. The summed E-state index contributed by atoms with van der Waals surface area (Å²) in [6, 6.07) is 17.2. The van der Waals surface area contributed by atoms with E-state index in [0.29, 0.717) is 32.6 Å². The summed E-state index contributed by atoms with van der Waals surface area (Å²) >= 11 is 0. The normalized spacial score (nSPS) is 19.7. The lowest BCUT2D eigenvalue weighted by molar-refractivity contribution is -0.0623. The van der Waals surface area contributed by atoms with Crippen LogP contribution in [0.5, 0.6) is 0 Å². The summed E-state index contributed by atoms with van der Waals surface area (Å²) in [5.41, 5.74) is 4.56. The van der Waals surface area contributed by atoms with Crippen molar-refractivity contribution in [3.05, 3.63) is 59.7 Å². The number of hydrogen-bond donors (Lipinski definition) is 2. The molecule has 1 aliphatic carbocycles. The van der Waals surface area contributed by atoms with Gasteiger partial charge in [-0.25, -0.2) is 0 Å². The van der Waals surface area contributed by atoms with Crippen molar-refractivity contribution in [2.24, 2.45) is 0 Å². The van der Waals surface area contributed by atoms with E-state index in [9.17, 15) is 5.11 Å². The Bertz CT molecular complexity index is 631. The molecule has 0 saturated carbocycles. The minimum absolute atomic E-state index is 0.166. The van der Waals surface area contributed by atoms with Crippen LogP contribution in [0.15, 0.2) is 48.5 Å². The summed E-state index contributed by atoms with van der Waals surface area (Å²) in [7, 11) is 0. The number of rotatable bonds is 3. The molecule has 1 fully saturated rings. The fraction of sp³-hybridized carbons (Fsp3) is 0.368. The van der Waals surface area contributed by atoms with E-state index >= 15 is 0 Å². The van der Waals surface area contributed by atoms with Gasteiger partial charge in [0, 0.05) is 32.6 Å². The van der Waals surface area contributed by atoms with Crippen LogP contribution >= 0.6 is 0 Å². The van der Waals surface area contributed by atoms with Crippen molar-refractivity contribution in [3.63, 3.8) is 0 Å². The second-order valence-electron chi connectivity index (χ2n) is 6.33. The van der Waals surface area contributed by atoms with E-state index in [1.54, 1.807) is 0 Å². The van der Waals surface area contributed by atoms with Gasteiger partial charge in [0.25, 0.3) is 0 Å². The van der Waals surface area contributed by atoms with Gasteiger partial charge < -0.3 is 15.2 Å². The van der Waals surface area contributed by atoms with Crippen LogP contribution in [0.1, 0.15) is 30.0 Å². The minimum atomic E-state index is -0.648. The molecule has 114 valence electrons. The van der Waals surface area contributed by atoms with Crippen LogP contribution in [0.3, 0.4) is 0 Å². The van der Waals surface area contributed by atoms with Gasteiger partial charge in [0.1, 0.15) is 0 Å². The fourth-order valence-electron chi connectivity index (χ4n) is 3.60. The van der Waals surface area contributed by atoms with E-state index in [4.69, 9.17) is 4.74 Å². The van der Waals surface area contributed by atoms with E-state index in [2.05, 4.69) is 53.8 Å². The second kappa shape index (κ2) is 5.51. The van der Waals surface area contributed by atoms with Crippen molar-refractivity contribution in [1.82, 2.24) is 5.32 Å². The lowest BCUT2D eigenvalue weighted by Crippen LogP contribution is -2.45. The smallest absolute Gasteiger partial charge is 0.0815 e. The summed E-state index contributed by atoms with van der Waals surface area (Å²) in [5.74, 6) is 0. The van der Waals surface area contributed by atoms with Gasteiger partial charge in [-0.2, -0.15) is 0 Å². The number of hydrogen-bond acceptors (Lipinski definition) is 3. The molecule has 0 unspecified atom stereocenters. The first-order chi connectivity index (χ1) is 10.8. The van der Waals surface area contributed by atoms with Crippen molar-refractivity contribution in [3.8, 4) is 11.1 Å². The molecule has 0 aromatic heterocycles. The molecule has 2 aromatic carbocycles. The zero-order chi connectivity index (χ0) is 15.0. The Morgan fingerprint density at radius 2 is 1.50 bits per heavy atom. The third-order valence-corrected chi connectivity index (χ3v) is 4.89. The highest BCUT2D eigenvalue weighted by Crippen LogP contribution is 2.43. The van der Waals surface area contributed by atoms with Crippen LogP contribution in [0.25, 0.3) is 11.1 Å². The SMILES string of the molecule is OC1(CNC2c3ccccc3-c3ccccc32)CCOCC1. The van der Waals surface area contributed by atoms with E-state index in [-0.39, 0.29) is 6.04 Å². The number of fused-ring (bicyclic) bond motifs is 3. The number of nitrogens with one attached hydrogen (secondary N) is 1. The number of aliphatic hydroxyl groups is 1. The Morgan fingerprint density at radius 1 is 0.955 bits per heavy atom. The molecule has 0 spiro atoms. The van der Waals surface area contributed by atoms with Crippen LogP contribution in [0.2, 0.25) is 0 Å². The summed E-state index contributed by atoms with van der Waals surface area (Å²) in [5, 5.41) is 14.3. The lowest BCUT2D eigenvalue weighted by atomic mass is 9.93. The highest BCUT2D eigenvalue weighted by atomic mass is 16.5. The Morgan fingerprint density at radius 3 is 2.09 bits per heavy atom. The molecule has 4 rings (SSSR count). The maximum absolute atomic E-state index is 10.7. The summed E-state index contributed by atoms with van der Waals surface area (Å²) in [4.78, 5) is 0. The van der Waals surface area contributed by atoms with Gasteiger partial charge in [-0.05, 0) is 22.3 Å². The second-order valence-corrected chi connectivity index (χ2v) is 6.33. The Labute approximate surface area is 130 Å². The molecule has 2 aliphatic rings. The molecule has 2 N–H and O–H groups in total. The van der Waals surface area contributed by atoms with Gasteiger partial charge in [-0.3, -0.25) is 0 Å². The Hall–Kier alpha value is -1.68. The maximum atomic E-state index is 10.7. The third-order valence-electron chi connectivity index (χ3n) is 4.89. The van der Waals surface area contributed by atoms with E-state index in [1.165, 1.54) is 22.3 Å². The van der Waals surface area contributed by atoms with Gasteiger partial charge >= 0.3 is 0 Å². The van der Waals surface area contributed by atoms with Crippen LogP contribution in [0, 0.1) is 0 Å². The summed E-state index contributed by atoms with van der Waals surface area (Å²) in [6.07, 6.45) is 1.41. The molecule has 22 heavy (non-hydrogen) atoms. The van der Waals surface area contributed by atoms with E-state index in [0.717, 1.165) is 0 Å². The van der Waals surface area contributed by atoms with Crippen molar-refractivity contribution in [2.45, 2.75) is 24.5 Å². The molecular formula is C19H21NO2. The monoisotopic (exact) mass is 295 g/mol. The Kier molecular flexibility index (Phi) is 3.49. The van der Waals surface area contributed by atoms with Crippen molar-refractivity contribution < 1.29 is 9.84 Å². The van der Waals surface area contributed by atoms with E-state index in [1.807, 2.05) is 0 Å². The predicted octanol–water partition coefficient (Wildman–Crippen LogP) is 2.89. The summed E-state index contributed by atoms with van der Waals surface area (Å²) in [6.45, 7) is 1.90. The van der Waals surface area contributed by atoms with Crippen LogP contribution < -0.4 is 5.32 Å². The molecule has 0 atom stereocenters. The van der Waals surface area contributed by atoms with Gasteiger partial charge in [0.2, 0.25) is 0 Å². The molecule has 3 nitrogen and oxygen atoms in total. The Balaban J connectivity index is 1.61. The lowest BCUT2D eigenvalue weighted by Gasteiger charge is -2.33. The van der Waals surface area contributed by atoms with Crippen molar-refractivity contribution >= 4 is 0 Å². The summed E-state index contributed by atoms with van der Waals surface area (Å²) < 4.78 is 5.36. The van der Waals surface area contributed by atoms with Gasteiger partial charge in [-0.15, -0.1) is 0 Å². The first-order valence-corrected chi connectivity index (χ1v) is 7.99. The molecule has 0 bridgehead atoms. The molecule has 0 radical (unpaired) electrons. The minimum Gasteiger partial charge on any atom is -0.388 e. The van der Waals surface area contributed by atoms with Gasteiger partial charge in [0.05, 0.1) is 11.6 Å². The largest absolute Gasteiger partial charge is 0.388 e. The average molecular weight is 295 g/mol. The van der Waals surface area contributed by atoms with Crippen molar-refractivity contribution in [2.75, 3.05) is 19.8 Å². The van der Waals surface area contributed by atoms with Crippen molar-refractivity contribution in [1.29, 1.82) is 0 Å². The molecule has 2 aromatic rings. The van der Waals surface area contributed by atoms with E-state index < -0.39 is 5.60 Å². The molecule has 0 amide bonds. The average Bonchev–Trinajstić information content (AvgIpc) is 2.88. The highest BCUT2D eigenvalue weighted by molar-refractivity contribution is 5.78. The molecule has 3 heteroatoms. The van der Waals surface area contributed by atoms with Gasteiger partial charge in [0.15, 0.2) is 0 Å². The number of benzene rings is 2. The zero-order valence-electron chi connectivity index (χ0n) is 12.6. The maximum Gasteiger partial charge on any atom is 0.0815 e. The highest BCUT2D eigenvalue weighted by Gasteiger charge is 2.33. The van der Waals surface area contributed by atoms with Crippen LogP contribution in [-0.4, -0.2) is 30.5 Å². The molecule has 1 heterocycles. The first-order valence-electron chi connectivity index (χ1n) is 7.99. The van der Waals surface area contributed by atoms with Crippen LogP contribution in [-0.2, 0) is 4.74 Å². The van der Waals surface area contributed by atoms with Gasteiger partial charge in [-0.1, -0.05) is 48.5 Å². The predicted molar refractivity (Wildman–Crippen MR) is 86.7 cm³/mol. The van der Waals surface area contributed by atoms with Crippen LogP contribution in [0.4, 0.5) is 0 Å². The zero-order valence-corrected chi connectivity index (χ0v) is 12.6. The standard InChI is InChI=1S/C19H21NO2/c21-19(9-11-22-12-10-19)13-20-18-16-7-3-1-5-14(16)15-6-2-4-8-17(15)18/h1-8,18,20-21H,9-13H2.